The Morgan fingerprint density at radius 2 is 2.25 bits per heavy atom. The molecule has 0 heterocycles. The number of halogens is 1. The van der Waals surface area contributed by atoms with Gasteiger partial charge in [0.25, 0.3) is 0 Å². The van der Waals surface area contributed by atoms with Gasteiger partial charge in [-0.15, -0.1) is 11.6 Å². The topological polar surface area (TPSA) is 20.2 Å². The second-order valence-corrected chi connectivity index (χ2v) is 3.77. The Morgan fingerprint density at radius 1 is 1.42 bits per heavy atom. The van der Waals surface area contributed by atoms with E-state index in [-0.39, 0.29) is 5.38 Å². The molecule has 0 fully saturated rings. The summed E-state index contributed by atoms with van der Waals surface area (Å²) in [5.74, 6) is 0.321. The zero-order valence-electron chi connectivity index (χ0n) is 6.76. The predicted octanol–water partition coefficient (Wildman–Crippen LogP) is 3.01. The molecule has 1 aromatic rings. The number of rotatable bonds is 0. The van der Waals surface area contributed by atoms with Gasteiger partial charge in [-0.05, 0) is 42.5 Å². The van der Waals surface area contributed by atoms with E-state index in [2.05, 4.69) is 0 Å². The highest BCUT2D eigenvalue weighted by molar-refractivity contribution is 6.21. The number of fused-ring (bicyclic) bond motifs is 1. The summed E-state index contributed by atoms with van der Waals surface area (Å²) in [4.78, 5) is 0. The summed E-state index contributed by atoms with van der Waals surface area (Å²) in [5, 5.41) is 9.35. The van der Waals surface area contributed by atoms with Gasteiger partial charge in [-0.3, -0.25) is 0 Å². The molecular weight excluding hydrogens is 172 g/mol. The van der Waals surface area contributed by atoms with Crippen LogP contribution < -0.4 is 0 Å². The molecule has 0 spiro atoms. The fourth-order valence-electron chi connectivity index (χ4n) is 1.73. The second-order valence-electron chi connectivity index (χ2n) is 3.24. The first kappa shape index (κ1) is 7.93. The number of phenols is 1. The largest absolute Gasteiger partial charge is 0.508 e. The van der Waals surface area contributed by atoms with E-state index in [0.29, 0.717) is 5.75 Å². The lowest BCUT2D eigenvalue weighted by Crippen LogP contribution is -2.04. The Kier molecular flexibility index (Phi) is 1.97. The number of phenolic OH excluding ortho intramolecular Hbond substituents is 1. The van der Waals surface area contributed by atoms with Gasteiger partial charge in [0.15, 0.2) is 0 Å². The maximum absolute atomic E-state index is 9.25. The molecule has 1 aliphatic carbocycles. The van der Waals surface area contributed by atoms with Gasteiger partial charge in [-0.1, -0.05) is 6.07 Å². The molecule has 1 aromatic carbocycles. The number of benzene rings is 1. The van der Waals surface area contributed by atoms with Crippen molar-refractivity contribution >= 4 is 11.6 Å². The van der Waals surface area contributed by atoms with Crippen LogP contribution in [0.25, 0.3) is 0 Å². The molecule has 0 saturated carbocycles. The molecule has 1 atom stereocenters. The summed E-state index contributed by atoms with van der Waals surface area (Å²) < 4.78 is 0. The lowest BCUT2D eigenvalue weighted by Gasteiger charge is -2.20. The van der Waals surface area contributed by atoms with Crippen molar-refractivity contribution in [1.29, 1.82) is 0 Å². The van der Waals surface area contributed by atoms with Crippen LogP contribution in [0.5, 0.6) is 5.75 Å². The monoisotopic (exact) mass is 182 g/mol. The third-order valence-electron chi connectivity index (χ3n) is 2.37. The number of aromatic hydroxyl groups is 1. The van der Waals surface area contributed by atoms with Crippen LogP contribution in [0.4, 0.5) is 0 Å². The van der Waals surface area contributed by atoms with E-state index in [1.54, 1.807) is 12.1 Å². The molecule has 1 unspecified atom stereocenters. The molecule has 0 aliphatic heterocycles. The Bertz CT molecular complexity index is 296. The third kappa shape index (κ3) is 1.29. The van der Waals surface area contributed by atoms with Crippen molar-refractivity contribution in [3.8, 4) is 5.75 Å². The lowest BCUT2D eigenvalue weighted by atomic mass is 9.91. The van der Waals surface area contributed by atoms with Crippen molar-refractivity contribution in [1.82, 2.24) is 0 Å². The summed E-state index contributed by atoms with van der Waals surface area (Å²) in [7, 11) is 0. The average molecular weight is 183 g/mol. The van der Waals surface area contributed by atoms with Crippen molar-refractivity contribution in [2.45, 2.75) is 24.6 Å². The molecule has 0 bridgehead atoms. The molecule has 2 rings (SSSR count). The Balaban J connectivity index is 2.47. The van der Waals surface area contributed by atoms with Crippen LogP contribution in [0.2, 0.25) is 0 Å². The summed E-state index contributed by atoms with van der Waals surface area (Å²) in [6, 6.07) is 5.49. The molecule has 1 N–H and O–H groups in total. The maximum Gasteiger partial charge on any atom is 0.115 e. The first-order valence-corrected chi connectivity index (χ1v) is 4.67. The van der Waals surface area contributed by atoms with E-state index in [9.17, 15) is 5.11 Å². The van der Waals surface area contributed by atoms with Crippen LogP contribution >= 0.6 is 11.6 Å². The van der Waals surface area contributed by atoms with Crippen LogP contribution in [0.3, 0.4) is 0 Å². The van der Waals surface area contributed by atoms with E-state index >= 15 is 0 Å². The van der Waals surface area contributed by atoms with Crippen LogP contribution in [0.15, 0.2) is 18.2 Å². The SMILES string of the molecule is Oc1ccc2c(c1)C(Cl)CCC2. The minimum absolute atomic E-state index is 0.0980. The molecule has 1 nitrogen and oxygen atoms in total. The van der Waals surface area contributed by atoms with Gasteiger partial charge in [0.2, 0.25) is 0 Å². The van der Waals surface area contributed by atoms with E-state index < -0.39 is 0 Å². The number of hydrogen-bond donors (Lipinski definition) is 1. The standard InChI is InChI=1S/C10H11ClO/c11-10-3-1-2-7-4-5-8(12)6-9(7)10/h4-6,10,12H,1-3H2. The van der Waals surface area contributed by atoms with Gasteiger partial charge >= 0.3 is 0 Å². The van der Waals surface area contributed by atoms with Crippen molar-refractivity contribution in [2.24, 2.45) is 0 Å². The zero-order chi connectivity index (χ0) is 8.55. The average Bonchev–Trinajstić information content (AvgIpc) is 2.07. The van der Waals surface area contributed by atoms with Gasteiger partial charge in [0.05, 0.1) is 5.38 Å². The first-order valence-electron chi connectivity index (χ1n) is 4.23. The molecule has 0 saturated heterocycles. The number of hydrogen-bond acceptors (Lipinski definition) is 1. The molecule has 0 amide bonds. The van der Waals surface area contributed by atoms with E-state index in [1.807, 2.05) is 6.07 Å². The zero-order valence-corrected chi connectivity index (χ0v) is 7.51. The summed E-state index contributed by atoms with van der Waals surface area (Å²) in [5.41, 5.74) is 2.40. The smallest absolute Gasteiger partial charge is 0.115 e. The molecule has 2 heteroatoms. The van der Waals surface area contributed by atoms with E-state index in [4.69, 9.17) is 11.6 Å². The van der Waals surface area contributed by atoms with Crippen molar-refractivity contribution in [2.75, 3.05) is 0 Å². The minimum Gasteiger partial charge on any atom is -0.508 e. The summed E-state index contributed by atoms with van der Waals surface area (Å²) in [6.07, 6.45) is 3.28. The highest BCUT2D eigenvalue weighted by atomic mass is 35.5. The van der Waals surface area contributed by atoms with Crippen molar-refractivity contribution in [3.05, 3.63) is 29.3 Å². The normalized spacial score (nSPS) is 21.9. The predicted molar refractivity (Wildman–Crippen MR) is 49.6 cm³/mol. The quantitative estimate of drug-likeness (QED) is 0.612. The third-order valence-corrected chi connectivity index (χ3v) is 2.82. The second kappa shape index (κ2) is 2.98. The van der Waals surface area contributed by atoms with Crippen LogP contribution in [0.1, 0.15) is 29.3 Å². The molecule has 0 radical (unpaired) electrons. The molecule has 12 heavy (non-hydrogen) atoms. The summed E-state index contributed by atoms with van der Waals surface area (Å²) >= 11 is 6.11. The van der Waals surface area contributed by atoms with Gasteiger partial charge in [0, 0.05) is 0 Å². The Hall–Kier alpha value is -0.690. The van der Waals surface area contributed by atoms with E-state index in [1.165, 1.54) is 5.56 Å². The van der Waals surface area contributed by atoms with Gasteiger partial charge < -0.3 is 5.11 Å². The highest BCUT2D eigenvalue weighted by Crippen LogP contribution is 2.35. The lowest BCUT2D eigenvalue weighted by molar-refractivity contribution is 0.473. The molecule has 64 valence electrons. The van der Waals surface area contributed by atoms with Gasteiger partial charge in [-0.2, -0.15) is 0 Å². The van der Waals surface area contributed by atoms with Gasteiger partial charge in [-0.25, -0.2) is 0 Å². The number of alkyl halides is 1. The maximum atomic E-state index is 9.25. The molecular formula is C10H11ClO. The first-order chi connectivity index (χ1) is 5.77. The Labute approximate surface area is 77.0 Å². The Morgan fingerprint density at radius 3 is 3.08 bits per heavy atom. The fourth-order valence-corrected chi connectivity index (χ4v) is 2.09. The van der Waals surface area contributed by atoms with Crippen molar-refractivity contribution in [3.63, 3.8) is 0 Å². The van der Waals surface area contributed by atoms with Crippen molar-refractivity contribution < 1.29 is 5.11 Å². The van der Waals surface area contributed by atoms with Crippen LogP contribution in [-0.2, 0) is 6.42 Å². The molecule has 1 aliphatic rings. The number of aryl methyl sites for hydroxylation is 1. The van der Waals surface area contributed by atoms with Crippen LogP contribution in [0, 0.1) is 0 Å². The fraction of sp³-hybridized carbons (Fsp3) is 0.400. The van der Waals surface area contributed by atoms with Crippen LogP contribution in [-0.4, -0.2) is 5.11 Å². The van der Waals surface area contributed by atoms with E-state index in [0.717, 1.165) is 24.8 Å². The summed E-state index contributed by atoms with van der Waals surface area (Å²) in [6.45, 7) is 0. The highest BCUT2D eigenvalue weighted by Gasteiger charge is 2.17. The molecule has 0 aromatic heterocycles. The van der Waals surface area contributed by atoms with Gasteiger partial charge in [0.1, 0.15) is 5.75 Å². The minimum atomic E-state index is 0.0980.